The van der Waals surface area contributed by atoms with Gasteiger partial charge in [-0.15, -0.1) is 0 Å². The minimum absolute atomic E-state index is 0.0184. The molecule has 60 valence electrons. The van der Waals surface area contributed by atoms with Crippen molar-refractivity contribution >= 4 is 5.97 Å². The number of aromatic nitrogens is 2. The van der Waals surface area contributed by atoms with Crippen molar-refractivity contribution in [3.05, 3.63) is 11.7 Å². The zero-order valence-corrected chi connectivity index (χ0v) is 5.31. The molecule has 0 amide bonds. The number of rotatable bonds is 3. The van der Waals surface area contributed by atoms with Crippen LogP contribution >= 0.6 is 0 Å². The van der Waals surface area contributed by atoms with Gasteiger partial charge < -0.3 is 14.8 Å². The molecular formula is C4H5N3O4. The minimum atomic E-state index is -1.27. The Hall–Kier alpha value is -1.47. The number of carboxylic acid groups (broad SMARTS) is 1. The number of hydrogen-bond donors (Lipinski definition) is 3. The number of hydroxylamine groups is 1. The van der Waals surface area contributed by atoms with E-state index in [1.807, 2.05) is 0 Å². The summed E-state index contributed by atoms with van der Waals surface area (Å²) in [6, 6.07) is 0. The fourth-order valence-electron chi connectivity index (χ4n) is 0.481. The van der Waals surface area contributed by atoms with Gasteiger partial charge in [0.05, 0.1) is 0 Å². The first-order chi connectivity index (χ1) is 5.24. The van der Waals surface area contributed by atoms with Gasteiger partial charge in [-0.25, -0.2) is 4.79 Å². The molecule has 0 spiro atoms. The topological polar surface area (TPSA) is 108 Å². The first-order valence-electron chi connectivity index (χ1n) is 2.67. The van der Waals surface area contributed by atoms with Crippen LogP contribution in [0.2, 0.25) is 0 Å². The lowest BCUT2D eigenvalue weighted by Gasteiger charge is -1.85. The van der Waals surface area contributed by atoms with E-state index in [-0.39, 0.29) is 12.4 Å². The molecule has 0 fully saturated rings. The van der Waals surface area contributed by atoms with E-state index in [0.29, 0.717) is 0 Å². The Labute approximate surface area is 60.6 Å². The van der Waals surface area contributed by atoms with Gasteiger partial charge in [0.15, 0.2) is 0 Å². The maximum atomic E-state index is 10.2. The molecule has 1 heterocycles. The molecule has 0 saturated heterocycles. The Bertz CT molecular complexity index is 258. The van der Waals surface area contributed by atoms with Crippen molar-refractivity contribution in [1.82, 2.24) is 15.6 Å². The van der Waals surface area contributed by atoms with Crippen LogP contribution in [-0.4, -0.2) is 26.4 Å². The van der Waals surface area contributed by atoms with Crippen LogP contribution in [0.3, 0.4) is 0 Å². The third-order valence-corrected chi connectivity index (χ3v) is 0.890. The lowest BCUT2D eigenvalue weighted by molar-refractivity contribution is 0.0680. The zero-order valence-electron chi connectivity index (χ0n) is 5.31. The van der Waals surface area contributed by atoms with E-state index in [1.165, 1.54) is 0 Å². The van der Waals surface area contributed by atoms with E-state index in [9.17, 15) is 4.79 Å². The van der Waals surface area contributed by atoms with Gasteiger partial charge in [-0.1, -0.05) is 0 Å². The van der Waals surface area contributed by atoms with Crippen molar-refractivity contribution in [1.29, 1.82) is 0 Å². The number of nitrogens with zero attached hydrogens (tertiary/aromatic N) is 2. The number of carboxylic acids is 1. The van der Waals surface area contributed by atoms with Crippen molar-refractivity contribution < 1.29 is 19.6 Å². The molecule has 0 unspecified atom stereocenters. The molecule has 7 heteroatoms. The Morgan fingerprint density at radius 2 is 2.45 bits per heavy atom. The largest absolute Gasteiger partial charge is 0.475 e. The van der Waals surface area contributed by atoms with Crippen molar-refractivity contribution in [2.45, 2.75) is 6.54 Å². The molecule has 0 aliphatic heterocycles. The molecule has 0 aliphatic rings. The summed E-state index contributed by atoms with van der Waals surface area (Å²) in [6.45, 7) is -0.0692. The summed E-state index contributed by atoms with van der Waals surface area (Å²) >= 11 is 0. The molecule has 0 atom stereocenters. The lowest BCUT2D eigenvalue weighted by atomic mass is 10.6. The summed E-state index contributed by atoms with van der Waals surface area (Å²) in [4.78, 5) is 13.6. The van der Waals surface area contributed by atoms with Crippen LogP contribution in [0.1, 0.15) is 16.5 Å². The molecule has 0 aromatic carbocycles. The third-order valence-electron chi connectivity index (χ3n) is 0.890. The third kappa shape index (κ3) is 1.72. The number of carbonyl (C=O) groups is 1. The Morgan fingerprint density at radius 3 is 2.91 bits per heavy atom. The van der Waals surface area contributed by atoms with Crippen LogP contribution < -0.4 is 5.48 Å². The Kier molecular flexibility index (Phi) is 2.14. The van der Waals surface area contributed by atoms with Gasteiger partial charge in [0.2, 0.25) is 5.89 Å². The molecule has 0 radical (unpaired) electrons. The van der Waals surface area contributed by atoms with E-state index in [4.69, 9.17) is 10.3 Å². The number of aromatic carboxylic acids is 1. The van der Waals surface area contributed by atoms with Crippen molar-refractivity contribution in [2.75, 3.05) is 0 Å². The maximum absolute atomic E-state index is 10.2. The highest BCUT2D eigenvalue weighted by Crippen LogP contribution is 1.95. The molecular weight excluding hydrogens is 154 g/mol. The fourth-order valence-corrected chi connectivity index (χ4v) is 0.481. The van der Waals surface area contributed by atoms with Crippen LogP contribution in [0.25, 0.3) is 0 Å². The molecule has 1 aromatic rings. The molecule has 1 aromatic heterocycles. The highest BCUT2D eigenvalue weighted by atomic mass is 16.5. The van der Waals surface area contributed by atoms with Crippen molar-refractivity contribution in [3.8, 4) is 0 Å². The van der Waals surface area contributed by atoms with E-state index < -0.39 is 11.8 Å². The molecule has 11 heavy (non-hydrogen) atoms. The summed E-state index contributed by atoms with van der Waals surface area (Å²) in [6.07, 6.45) is 0. The van der Waals surface area contributed by atoms with E-state index >= 15 is 0 Å². The molecule has 7 nitrogen and oxygen atoms in total. The summed E-state index contributed by atoms with van der Waals surface area (Å²) < 4.78 is 4.40. The van der Waals surface area contributed by atoms with Gasteiger partial charge in [0, 0.05) is 0 Å². The summed E-state index contributed by atoms with van der Waals surface area (Å²) in [5.41, 5.74) is 1.75. The number of hydrogen-bond acceptors (Lipinski definition) is 6. The van der Waals surface area contributed by atoms with E-state index in [0.717, 1.165) is 0 Å². The summed E-state index contributed by atoms with van der Waals surface area (Å²) in [7, 11) is 0. The molecule has 0 bridgehead atoms. The monoisotopic (exact) mass is 159 g/mol. The van der Waals surface area contributed by atoms with Crippen LogP contribution in [0, 0.1) is 0 Å². The Balaban J connectivity index is 2.73. The van der Waals surface area contributed by atoms with Crippen molar-refractivity contribution in [2.24, 2.45) is 0 Å². The molecule has 0 aliphatic carbocycles. The standard InChI is InChI=1S/C4H5N3O4/c8-4(9)3-6-2(1-5-10)11-7-3/h5,10H,1H2,(H,8,9). The first kappa shape index (κ1) is 7.63. The van der Waals surface area contributed by atoms with Gasteiger partial charge in [-0.2, -0.15) is 10.5 Å². The van der Waals surface area contributed by atoms with E-state index in [1.54, 1.807) is 5.48 Å². The highest BCUT2D eigenvalue weighted by Gasteiger charge is 2.11. The second-order valence-corrected chi connectivity index (χ2v) is 1.65. The Morgan fingerprint density at radius 1 is 1.73 bits per heavy atom. The van der Waals surface area contributed by atoms with Gasteiger partial charge in [0.1, 0.15) is 6.54 Å². The minimum Gasteiger partial charge on any atom is -0.475 e. The van der Waals surface area contributed by atoms with Crippen LogP contribution in [0.4, 0.5) is 0 Å². The first-order valence-corrected chi connectivity index (χ1v) is 2.67. The van der Waals surface area contributed by atoms with Gasteiger partial charge in [-0.05, 0) is 5.16 Å². The van der Waals surface area contributed by atoms with E-state index in [2.05, 4.69) is 14.7 Å². The maximum Gasteiger partial charge on any atom is 0.377 e. The second kappa shape index (κ2) is 3.08. The quantitative estimate of drug-likeness (QED) is 0.497. The predicted molar refractivity (Wildman–Crippen MR) is 29.9 cm³/mol. The summed E-state index contributed by atoms with van der Waals surface area (Å²) in [5.74, 6) is -1.67. The lowest BCUT2D eigenvalue weighted by Crippen LogP contribution is -2.06. The second-order valence-electron chi connectivity index (χ2n) is 1.65. The van der Waals surface area contributed by atoms with Crippen LogP contribution in [0.15, 0.2) is 4.52 Å². The average molecular weight is 159 g/mol. The smallest absolute Gasteiger partial charge is 0.377 e. The normalized spacial score (nSPS) is 9.91. The zero-order chi connectivity index (χ0) is 8.27. The summed E-state index contributed by atoms with van der Waals surface area (Å²) in [5, 5.41) is 19.5. The van der Waals surface area contributed by atoms with Gasteiger partial charge >= 0.3 is 5.97 Å². The van der Waals surface area contributed by atoms with Gasteiger partial charge in [-0.3, -0.25) is 0 Å². The fraction of sp³-hybridized carbons (Fsp3) is 0.250. The predicted octanol–water partition coefficient (Wildman–Crippen LogP) is -0.753. The van der Waals surface area contributed by atoms with Crippen LogP contribution in [0.5, 0.6) is 0 Å². The van der Waals surface area contributed by atoms with Crippen LogP contribution in [-0.2, 0) is 6.54 Å². The number of nitrogens with one attached hydrogen (secondary N) is 1. The van der Waals surface area contributed by atoms with Crippen molar-refractivity contribution in [3.63, 3.8) is 0 Å². The molecule has 0 saturated carbocycles. The molecule has 3 N–H and O–H groups in total. The highest BCUT2D eigenvalue weighted by molar-refractivity contribution is 5.82. The molecule has 1 rings (SSSR count). The average Bonchev–Trinajstić information content (AvgIpc) is 2.37. The van der Waals surface area contributed by atoms with Gasteiger partial charge in [0.25, 0.3) is 5.82 Å². The SMILES string of the molecule is O=C(O)c1noc(CNO)n1.